The summed E-state index contributed by atoms with van der Waals surface area (Å²) in [5, 5.41) is 1.64. The maximum atomic E-state index is 6.11. The summed E-state index contributed by atoms with van der Waals surface area (Å²) in [6.45, 7) is 2.09. The van der Waals surface area contributed by atoms with Gasteiger partial charge in [0.2, 0.25) is 0 Å². The summed E-state index contributed by atoms with van der Waals surface area (Å²) in [6.07, 6.45) is 2.83. The molecule has 1 aromatic carbocycles. The molecule has 5 rings (SSSR count). The van der Waals surface area contributed by atoms with Crippen LogP contribution >= 0.6 is 11.6 Å². The minimum atomic E-state index is 0.518. The molecule has 0 radical (unpaired) electrons. The van der Waals surface area contributed by atoms with Gasteiger partial charge >= 0.3 is 0 Å². The number of benzene rings is 1. The van der Waals surface area contributed by atoms with Crippen LogP contribution in [0.5, 0.6) is 0 Å². The second-order valence-electron chi connectivity index (χ2n) is 6.25. The van der Waals surface area contributed by atoms with Crippen molar-refractivity contribution >= 4 is 39.5 Å². The van der Waals surface area contributed by atoms with Gasteiger partial charge in [0.25, 0.3) is 0 Å². The quantitative estimate of drug-likeness (QED) is 0.691. The van der Waals surface area contributed by atoms with E-state index < -0.39 is 0 Å². The fraction of sp³-hybridized carbons (Fsp3) is 0.375. The SMILES string of the molecule is CN1C[C@H]2C[C@@H]1CN2c1ncnc2c1oc1ccc(Cl)cc12. The molecule has 0 saturated carbocycles. The van der Waals surface area contributed by atoms with Crippen molar-refractivity contribution < 1.29 is 4.42 Å². The Morgan fingerprint density at radius 3 is 2.91 bits per heavy atom. The molecule has 2 aliphatic heterocycles. The minimum Gasteiger partial charge on any atom is -0.450 e. The van der Waals surface area contributed by atoms with Crippen molar-refractivity contribution in [1.29, 1.82) is 0 Å². The molecule has 2 saturated heterocycles. The standard InChI is InChI=1S/C16H15ClN4O/c1-20-6-11-5-10(20)7-21(11)16-15-14(18-8-19-16)12-4-9(17)2-3-13(12)22-15/h2-4,8,10-11H,5-7H2,1H3/t10-,11-/m1/s1. The fourth-order valence-corrected chi connectivity index (χ4v) is 4.04. The maximum absolute atomic E-state index is 6.11. The van der Waals surface area contributed by atoms with E-state index in [0.717, 1.165) is 41.0 Å². The Morgan fingerprint density at radius 2 is 2.14 bits per heavy atom. The molecule has 0 amide bonds. The molecule has 2 aromatic heterocycles. The molecule has 0 spiro atoms. The number of halogens is 1. The van der Waals surface area contributed by atoms with E-state index in [2.05, 4.69) is 26.8 Å². The molecule has 6 heteroatoms. The molecule has 2 atom stereocenters. The third-order valence-corrected chi connectivity index (χ3v) is 5.22. The van der Waals surface area contributed by atoms with Gasteiger partial charge in [-0.3, -0.25) is 4.90 Å². The number of nitrogens with zero attached hydrogens (tertiary/aromatic N) is 4. The second-order valence-corrected chi connectivity index (χ2v) is 6.69. The molecule has 112 valence electrons. The number of rotatable bonds is 1. The van der Waals surface area contributed by atoms with Crippen LogP contribution < -0.4 is 4.90 Å². The van der Waals surface area contributed by atoms with Crippen LogP contribution in [0.4, 0.5) is 5.82 Å². The van der Waals surface area contributed by atoms with Gasteiger partial charge in [0.05, 0.1) is 0 Å². The molecule has 22 heavy (non-hydrogen) atoms. The smallest absolute Gasteiger partial charge is 0.196 e. The van der Waals surface area contributed by atoms with Crippen LogP contribution in [0, 0.1) is 0 Å². The number of anilines is 1. The minimum absolute atomic E-state index is 0.518. The van der Waals surface area contributed by atoms with E-state index >= 15 is 0 Å². The highest BCUT2D eigenvalue weighted by Gasteiger charge is 2.42. The molecule has 0 N–H and O–H groups in total. The lowest BCUT2D eigenvalue weighted by molar-refractivity contribution is 0.292. The lowest BCUT2D eigenvalue weighted by atomic mass is 10.2. The molecule has 2 aliphatic rings. The lowest BCUT2D eigenvalue weighted by Crippen LogP contribution is -2.44. The van der Waals surface area contributed by atoms with Crippen LogP contribution in [0.15, 0.2) is 28.9 Å². The normalized spacial score (nSPS) is 24.9. The molecule has 4 heterocycles. The van der Waals surface area contributed by atoms with Crippen molar-refractivity contribution in [2.24, 2.45) is 0 Å². The number of hydrogen-bond donors (Lipinski definition) is 0. The van der Waals surface area contributed by atoms with E-state index in [4.69, 9.17) is 16.0 Å². The number of fused-ring (bicyclic) bond motifs is 5. The summed E-state index contributed by atoms with van der Waals surface area (Å²) in [4.78, 5) is 13.7. The predicted octanol–water partition coefficient (Wildman–Crippen LogP) is 2.92. The molecule has 5 nitrogen and oxygen atoms in total. The van der Waals surface area contributed by atoms with Gasteiger partial charge in [-0.15, -0.1) is 0 Å². The lowest BCUT2D eigenvalue weighted by Gasteiger charge is -2.32. The van der Waals surface area contributed by atoms with Gasteiger partial charge in [0, 0.05) is 35.6 Å². The largest absolute Gasteiger partial charge is 0.450 e. The fourth-order valence-electron chi connectivity index (χ4n) is 3.87. The summed E-state index contributed by atoms with van der Waals surface area (Å²) in [7, 11) is 2.20. The zero-order valence-electron chi connectivity index (χ0n) is 12.2. The van der Waals surface area contributed by atoms with Crippen molar-refractivity contribution in [2.75, 3.05) is 25.0 Å². The summed E-state index contributed by atoms with van der Waals surface area (Å²) in [5.41, 5.74) is 2.43. The van der Waals surface area contributed by atoms with Gasteiger partial charge in [-0.1, -0.05) is 11.6 Å². The topological polar surface area (TPSA) is 45.4 Å². The number of likely N-dealkylation sites (N-methyl/N-ethyl adjacent to an activating group) is 1. The third-order valence-electron chi connectivity index (χ3n) is 4.98. The first kappa shape index (κ1) is 12.7. The van der Waals surface area contributed by atoms with E-state index in [0.29, 0.717) is 17.1 Å². The van der Waals surface area contributed by atoms with E-state index in [1.54, 1.807) is 6.33 Å². The highest BCUT2D eigenvalue weighted by atomic mass is 35.5. The maximum Gasteiger partial charge on any atom is 0.196 e. The number of piperazine rings is 1. The van der Waals surface area contributed by atoms with Crippen LogP contribution in [0.3, 0.4) is 0 Å². The summed E-state index contributed by atoms with van der Waals surface area (Å²) in [6, 6.07) is 6.78. The van der Waals surface area contributed by atoms with Gasteiger partial charge in [0.1, 0.15) is 17.4 Å². The average molecular weight is 315 g/mol. The monoisotopic (exact) mass is 314 g/mol. The Labute approximate surface area is 132 Å². The number of likely N-dealkylation sites (tertiary alicyclic amines) is 1. The Bertz CT molecular complexity index is 890. The van der Waals surface area contributed by atoms with E-state index in [-0.39, 0.29) is 0 Å². The number of aromatic nitrogens is 2. The van der Waals surface area contributed by atoms with Crippen molar-refractivity contribution in [3.8, 4) is 0 Å². The average Bonchev–Trinajstić information content (AvgIpc) is 3.18. The molecule has 3 aromatic rings. The van der Waals surface area contributed by atoms with Gasteiger partial charge in [-0.05, 0) is 31.7 Å². The molecule has 0 unspecified atom stereocenters. The number of furan rings is 1. The Hall–Kier alpha value is -1.85. The van der Waals surface area contributed by atoms with E-state index in [1.165, 1.54) is 6.42 Å². The summed E-state index contributed by atoms with van der Waals surface area (Å²) in [5.74, 6) is 0.915. The highest BCUT2D eigenvalue weighted by molar-refractivity contribution is 6.31. The van der Waals surface area contributed by atoms with Crippen molar-refractivity contribution in [3.63, 3.8) is 0 Å². The molecular formula is C16H15ClN4O. The van der Waals surface area contributed by atoms with Crippen LogP contribution in [-0.4, -0.2) is 47.1 Å². The Balaban J connectivity index is 1.70. The second kappa shape index (κ2) is 4.33. The first-order chi connectivity index (χ1) is 10.7. The van der Waals surface area contributed by atoms with Crippen LogP contribution in [0.25, 0.3) is 22.1 Å². The van der Waals surface area contributed by atoms with Crippen molar-refractivity contribution in [3.05, 3.63) is 29.5 Å². The third kappa shape index (κ3) is 1.63. The Morgan fingerprint density at radius 1 is 1.23 bits per heavy atom. The zero-order valence-corrected chi connectivity index (χ0v) is 12.9. The first-order valence-corrected chi connectivity index (χ1v) is 7.88. The van der Waals surface area contributed by atoms with Crippen molar-refractivity contribution in [1.82, 2.24) is 14.9 Å². The first-order valence-electron chi connectivity index (χ1n) is 7.50. The van der Waals surface area contributed by atoms with Crippen LogP contribution in [0.2, 0.25) is 5.02 Å². The van der Waals surface area contributed by atoms with E-state index in [1.807, 2.05) is 18.2 Å². The van der Waals surface area contributed by atoms with Gasteiger partial charge in [-0.25, -0.2) is 9.97 Å². The van der Waals surface area contributed by atoms with Gasteiger partial charge < -0.3 is 9.32 Å². The molecule has 2 bridgehead atoms. The predicted molar refractivity (Wildman–Crippen MR) is 86.5 cm³/mol. The van der Waals surface area contributed by atoms with Crippen molar-refractivity contribution in [2.45, 2.75) is 18.5 Å². The van der Waals surface area contributed by atoms with Gasteiger partial charge in [-0.2, -0.15) is 0 Å². The van der Waals surface area contributed by atoms with Crippen LogP contribution in [0.1, 0.15) is 6.42 Å². The molecule has 0 aliphatic carbocycles. The Kier molecular flexibility index (Phi) is 2.50. The van der Waals surface area contributed by atoms with E-state index in [9.17, 15) is 0 Å². The summed E-state index contributed by atoms with van der Waals surface area (Å²) < 4.78 is 6.05. The molecular weight excluding hydrogens is 300 g/mol. The molecule has 2 fully saturated rings. The zero-order chi connectivity index (χ0) is 14.8. The summed E-state index contributed by atoms with van der Waals surface area (Å²) >= 11 is 6.11. The van der Waals surface area contributed by atoms with Crippen LogP contribution in [-0.2, 0) is 0 Å². The van der Waals surface area contributed by atoms with Gasteiger partial charge in [0.15, 0.2) is 11.4 Å². The number of hydrogen-bond acceptors (Lipinski definition) is 5. The highest BCUT2D eigenvalue weighted by Crippen LogP contribution is 2.38.